The van der Waals surface area contributed by atoms with Gasteiger partial charge in [0, 0.05) is 6.04 Å². The van der Waals surface area contributed by atoms with Crippen LogP contribution < -0.4 is 5.32 Å². The molecule has 0 spiro atoms. The number of hydrogen-bond donors (Lipinski definition) is 1. The van der Waals surface area contributed by atoms with E-state index < -0.39 is 0 Å². The van der Waals surface area contributed by atoms with E-state index in [4.69, 9.17) is 4.42 Å². The van der Waals surface area contributed by atoms with Crippen molar-refractivity contribution in [2.45, 2.75) is 32.4 Å². The van der Waals surface area contributed by atoms with Crippen LogP contribution in [-0.4, -0.2) is 6.04 Å². The zero-order valence-electron chi connectivity index (χ0n) is 10.7. The Bertz CT molecular complexity index is 481. The van der Waals surface area contributed by atoms with E-state index in [0.29, 0.717) is 6.42 Å². The maximum Gasteiger partial charge on any atom is 0.126 e. The van der Waals surface area contributed by atoms with Crippen molar-refractivity contribution in [3.8, 4) is 0 Å². The number of halogens is 1. The summed E-state index contributed by atoms with van der Waals surface area (Å²) in [5.74, 6) is 0.757. The van der Waals surface area contributed by atoms with Gasteiger partial charge in [-0.1, -0.05) is 18.2 Å². The fourth-order valence-electron chi connectivity index (χ4n) is 2.10. The van der Waals surface area contributed by atoms with Gasteiger partial charge in [0.25, 0.3) is 0 Å². The van der Waals surface area contributed by atoms with Crippen LogP contribution in [0.4, 0.5) is 4.39 Å². The smallest absolute Gasteiger partial charge is 0.126 e. The molecule has 2 nitrogen and oxygen atoms in total. The Morgan fingerprint density at radius 1 is 1.17 bits per heavy atom. The summed E-state index contributed by atoms with van der Waals surface area (Å²) in [6, 6.07) is 11.0. The topological polar surface area (TPSA) is 25.2 Å². The number of benzene rings is 1. The second-order valence-corrected chi connectivity index (χ2v) is 4.60. The third-order valence-electron chi connectivity index (χ3n) is 2.99. The first-order valence-electron chi connectivity index (χ1n) is 6.19. The van der Waals surface area contributed by atoms with Crippen molar-refractivity contribution >= 4 is 0 Å². The van der Waals surface area contributed by atoms with Crippen LogP contribution in [-0.2, 0) is 6.42 Å². The zero-order valence-corrected chi connectivity index (χ0v) is 10.7. The molecule has 0 saturated heterocycles. The molecule has 0 radical (unpaired) electrons. The van der Waals surface area contributed by atoms with E-state index in [1.807, 2.05) is 38.1 Å². The average molecular weight is 247 g/mol. The molecule has 0 amide bonds. The molecule has 2 aromatic rings. The molecule has 0 fully saturated rings. The van der Waals surface area contributed by atoms with E-state index in [-0.39, 0.29) is 17.9 Å². The van der Waals surface area contributed by atoms with Crippen LogP contribution in [0.25, 0.3) is 0 Å². The SMILES string of the molecule is CC(Cc1ccccc1F)N[C@H](C)c1ccco1. The summed E-state index contributed by atoms with van der Waals surface area (Å²) in [5.41, 5.74) is 0.740. The van der Waals surface area contributed by atoms with Crippen molar-refractivity contribution in [3.05, 3.63) is 59.8 Å². The normalized spacial score (nSPS) is 14.4. The van der Waals surface area contributed by atoms with Crippen LogP contribution in [0.3, 0.4) is 0 Å². The van der Waals surface area contributed by atoms with Crippen LogP contribution in [0.5, 0.6) is 0 Å². The Balaban J connectivity index is 1.93. The molecule has 0 aliphatic carbocycles. The molecule has 0 aliphatic heterocycles. The number of nitrogens with one attached hydrogen (secondary N) is 1. The Hall–Kier alpha value is -1.61. The Labute approximate surface area is 107 Å². The van der Waals surface area contributed by atoms with Gasteiger partial charge in [-0.3, -0.25) is 0 Å². The molecule has 2 atom stereocenters. The average Bonchev–Trinajstić information content (AvgIpc) is 2.85. The summed E-state index contributed by atoms with van der Waals surface area (Å²) in [4.78, 5) is 0. The second kappa shape index (κ2) is 5.83. The fraction of sp³-hybridized carbons (Fsp3) is 0.333. The Morgan fingerprint density at radius 2 is 1.94 bits per heavy atom. The molecule has 96 valence electrons. The predicted octanol–water partition coefficient (Wildman–Crippen LogP) is 3.70. The minimum atomic E-state index is -0.142. The van der Waals surface area contributed by atoms with Crippen LogP contribution in [0, 0.1) is 5.82 Å². The summed E-state index contributed by atoms with van der Waals surface area (Å²) >= 11 is 0. The van der Waals surface area contributed by atoms with Gasteiger partial charge in [-0.2, -0.15) is 0 Å². The summed E-state index contributed by atoms with van der Waals surface area (Å²) in [6.45, 7) is 4.09. The molecule has 1 aromatic heterocycles. The van der Waals surface area contributed by atoms with Gasteiger partial charge < -0.3 is 9.73 Å². The van der Waals surface area contributed by atoms with Crippen LogP contribution in [0.2, 0.25) is 0 Å². The third kappa shape index (κ3) is 3.20. The molecular formula is C15H18FNO. The zero-order chi connectivity index (χ0) is 13.0. The highest BCUT2D eigenvalue weighted by Crippen LogP contribution is 2.15. The molecular weight excluding hydrogens is 229 g/mol. The van der Waals surface area contributed by atoms with E-state index in [0.717, 1.165) is 11.3 Å². The van der Waals surface area contributed by atoms with E-state index in [1.54, 1.807) is 12.3 Å². The second-order valence-electron chi connectivity index (χ2n) is 4.60. The van der Waals surface area contributed by atoms with Gasteiger partial charge in [-0.05, 0) is 44.0 Å². The molecule has 0 saturated carbocycles. The standard InChI is InChI=1S/C15H18FNO/c1-11(10-13-6-3-4-7-14(13)16)17-12(2)15-8-5-9-18-15/h3-9,11-12,17H,10H2,1-2H3/t11?,12-/m1/s1. The lowest BCUT2D eigenvalue weighted by atomic mass is 10.1. The number of hydrogen-bond acceptors (Lipinski definition) is 2. The molecule has 1 heterocycles. The van der Waals surface area contributed by atoms with Gasteiger partial charge in [-0.15, -0.1) is 0 Å². The van der Waals surface area contributed by atoms with Gasteiger partial charge in [0.05, 0.1) is 12.3 Å². The molecule has 3 heteroatoms. The fourth-order valence-corrected chi connectivity index (χ4v) is 2.10. The minimum Gasteiger partial charge on any atom is -0.468 e. The highest BCUT2D eigenvalue weighted by Gasteiger charge is 2.13. The summed E-state index contributed by atoms with van der Waals surface area (Å²) in [6.07, 6.45) is 2.33. The monoisotopic (exact) mass is 247 g/mol. The molecule has 1 unspecified atom stereocenters. The third-order valence-corrected chi connectivity index (χ3v) is 2.99. The Kier molecular flexibility index (Phi) is 4.15. The highest BCUT2D eigenvalue weighted by atomic mass is 19.1. The van der Waals surface area contributed by atoms with Crippen molar-refractivity contribution < 1.29 is 8.81 Å². The van der Waals surface area contributed by atoms with Gasteiger partial charge in [-0.25, -0.2) is 4.39 Å². The van der Waals surface area contributed by atoms with Gasteiger partial charge in [0.2, 0.25) is 0 Å². The molecule has 1 aromatic carbocycles. The van der Waals surface area contributed by atoms with E-state index in [1.165, 1.54) is 6.07 Å². The number of rotatable bonds is 5. The molecule has 1 N–H and O–H groups in total. The lowest BCUT2D eigenvalue weighted by molar-refractivity contribution is 0.395. The van der Waals surface area contributed by atoms with E-state index in [9.17, 15) is 4.39 Å². The molecule has 0 bridgehead atoms. The maximum atomic E-state index is 13.5. The minimum absolute atomic E-state index is 0.127. The van der Waals surface area contributed by atoms with E-state index in [2.05, 4.69) is 5.32 Å². The predicted molar refractivity (Wildman–Crippen MR) is 69.8 cm³/mol. The summed E-state index contributed by atoms with van der Waals surface area (Å²) in [7, 11) is 0. The van der Waals surface area contributed by atoms with Gasteiger partial charge in [0.15, 0.2) is 0 Å². The lowest BCUT2D eigenvalue weighted by Crippen LogP contribution is -2.30. The summed E-state index contributed by atoms with van der Waals surface area (Å²) < 4.78 is 18.8. The lowest BCUT2D eigenvalue weighted by Gasteiger charge is -2.18. The first kappa shape index (κ1) is 12.8. The van der Waals surface area contributed by atoms with Crippen LogP contribution in [0.1, 0.15) is 31.2 Å². The maximum absolute atomic E-state index is 13.5. The van der Waals surface area contributed by atoms with Crippen molar-refractivity contribution in [1.82, 2.24) is 5.32 Å². The molecule has 2 rings (SSSR count). The van der Waals surface area contributed by atoms with Crippen LogP contribution >= 0.6 is 0 Å². The Morgan fingerprint density at radius 3 is 2.61 bits per heavy atom. The van der Waals surface area contributed by atoms with Crippen LogP contribution in [0.15, 0.2) is 47.1 Å². The van der Waals surface area contributed by atoms with Gasteiger partial charge in [0.1, 0.15) is 11.6 Å². The van der Waals surface area contributed by atoms with Crippen molar-refractivity contribution in [2.75, 3.05) is 0 Å². The van der Waals surface area contributed by atoms with Crippen molar-refractivity contribution in [1.29, 1.82) is 0 Å². The molecule has 0 aliphatic rings. The van der Waals surface area contributed by atoms with E-state index >= 15 is 0 Å². The van der Waals surface area contributed by atoms with Crippen molar-refractivity contribution in [3.63, 3.8) is 0 Å². The highest BCUT2D eigenvalue weighted by molar-refractivity contribution is 5.18. The van der Waals surface area contributed by atoms with Crippen molar-refractivity contribution in [2.24, 2.45) is 0 Å². The molecule has 18 heavy (non-hydrogen) atoms. The summed E-state index contributed by atoms with van der Waals surface area (Å²) in [5, 5.41) is 3.40. The first-order valence-corrected chi connectivity index (χ1v) is 6.19. The van der Waals surface area contributed by atoms with Gasteiger partial charge >= 0.3 is 0 Å². The first-order chi connectivity index (χ1) is 8.66. The largest absolute Gasteiger partial charge is 0.468 e. The number of furan rings is 1. The quantitative estimate of drug-likeness (QED) is 0.871.